The van der Waals surface area contributed by atoms with E-state index in [1.165, 1.54) is 23.2 Å². The molecule has 0 bridgehead atoms. The molecule has 0 saturated heterocycles. The molecular weight excluding hydrogens is 292 g/mol. The Morgan fingerprint density at radius 2 is 2.00 bits per heavy atom. The molecule has 2 heterocycles. The molecule has 0 aliphatic rings. The van der Waals surface area contributed by atoms with Crippen LogP contribution in [0.15, 0.2) is 58.5 Å². The van der Waals surface area contributed by atoms with Crippen LogP contribution in [0, 0.1) is 0 Å². The van der Waals surface area contributed by atoms with E-state index in [2.05, 4.69) is 15.0 Å². The average Bonchev–Trinajstić information content (AvgIpc) is 2.47. The van der Waals surface area contributed by atoms with E-state index in [0.717, 1.165) is 0 Å². The molecule has 0 amide bonds. The Bertz CT molecular complexity index is 903. The van der Waals surface area contributed by atoms with Crippen molar-refractivity contribution in [3.63, 3.8) is 0 Å². The van der Waals surface area contributed by atoms with Crippen molar-refractivity contribution in [2.75, 3.05) is 0 Å². The third kappa shape index (κ3) is 2.61. The van der Waals surface area contributed by atoms with Crippen molar-refractivity contribution in [3.05, 3.63) is 74.8 Å². The largest absolute Gasteiger partial charge is 0.334 e. The maximum Gasteiger partial charge on any atom is 0.334 e. The van der Waals surface area contributed by atoms with E-state index in [1.807, 2.05) is 0 Å². The summed E-state index contributed by atoms with van der Waals surface area (Å²) in [6.45, 7) is 0. The lowest BCUT2D eigenvalue weighted by Gasteiger charge is -2.11. The number of benzene rings is 1. The highest BCUT2D eigenvalue weighted by Crippen LogP contribution is 2.22. The smallest absolute Gasteiger partial charge is 0.274 e. The van der Waals surface area contributed by atoms with Crippen LogP contribution >= 0.6 is 11.6 Å². The van der Waals surface area contributed by atoms with Crippen molar-refractivity contribution in [2.24, 2.45) is 0 Å². The van der Waals surface area contributed by atoms with Gasteiger partial charge >= 0.3 is 5.69 Å². The van der Waals surface area contributed by atoms with Gasteiger partial charge in [0.1, 0.15) is 12.1 Å². The summed E-state index contributed by atoms with van der Waals surface area (Å²) in [7, 11) is 0. The van der Waals surface area contributed by atoms with E-state index in [1.54, 1.807) is 30.3 Å². The first-order chi connectivity index (χ1) is 10.1. The number of aromatic nitrogens is 4. The van der Waals surface area contributed by atoms with Gasteiger partial charge in [-0.2, -0.15) is 0 Å². The molecule has 0 fully saturated rings. The summed E-state index contributed by atoms with van der Waals surface area (Å²) in [5.41, 5.74) is -0.00859. The van der Waals surface area contributed by atoms with E-state index in [-0.39, 0.29) is 0 Å². The van der Waals surface area contributed by atoms with Crippen LogP contribution in [0.3, 0.4) is 0 Å². The molecule has 1 aromatic carbocycles. The van der Waals surface area contributed by atoms with Crippen LogP contribution in [0.4, 0.5) is 0 Å². The first-order valence-corrected chi connectivity index (χ1v) is 6.41. The summed E-state index contributed by atoms with van der Waals surface area (Å²) in [5, 5.41) is 0.509. The van der Waals surface area contributed by atoms with E-state index in [4.69, 9.17) is 11.6 Å². The van der Waals surface area contributed by atoms with Crippen molar-refractivity contribution in [1.82, 2.24) is 19.5 Å². The highest BCUT2D eigenvalue weighted by molar-refractivity contribution is 6.30. The Kier molecular flexibility index (Phi) is 3.37. The summed E-state index contributed by atoms with van der Waals surface area (Å²) in [4.78, 5) is 33.8. The fraction of sp³-hybridized carbons (Fsp3) is 0. The van der Waals surface area contributed by atoms with Gasteiger partial charge in [0.05, 0.1) is 5.69 Å². The maximum atomic E-state index is 12.1. The topological polar surface area (TPSA) is 80.6 Å². The van der Waals surface area contributed by atoms with Crippen molar-refractivity contribution >= 4 is 11.6 Å². The first-order valence-electron chi connectivity index (χ1n) is 6.04. The maximum absolute atomic E-state index is 12.1. The minimum atomic E-state index is -0.573. The molecule has 1 N–H and O–H groups in total. The molecule has 21 heavy (non-hydrogen) atoms. The molecular formula is C14H9ClN4O2. The Hall–Kier alpha value is -2.73. The van der Waals surface area contributed by atoms with Gasteiger partial charge in [-0.15, -0.1) is 0 Å². The minimum absolute atomic E-state index is 0.362. The second-order valence-corrected chi connectivity index (χ2v) is 4.67. The molecule has 0 radical (unpaired) electrons. The molecule has 2 aromatic heterocycles. The van der Waals surface area contributed by atoms with Gasteiger partial charge < -0.3 is 0 Å². The number of hydrogen-bond donors (Lipinski definition) is 1. The van der Waals surface area contributed by atoms with Gasteiger partial charge in [0, 0.05) is 22.8 Å². The van der Waals surface area contributed by atoms with Gasteiger partial charge in [-0.25, -0.2) is 19.3 Å². The lowest BCUT2D eigenvalue weighted by atomic mass is 10.1. The Morgan fingerprint density at radius 1 is 1.14 bits per heavy atom. The van der Waals surface area contributed by atoms with E-state index >= 15 is 0 Å². The fourth-order valence-electron chi connectivity index (χ4n) is 2.00. The van der Waals surface area contributed by atoms with Gasteiger partial charge in [-0.1, -0.05) is 23.7 Å². The molecule has 3 rings (SSSR count). The molecule has 0 unspecified atom stereocenters. The van der Waals surface area contributed by atoms with Crippen LogP contribution < -0.4 is 11.2 Å². The number of nitrogens with zero attached hydrogens (tertiary/aromatic N) is 3. The zero-order valence-electron chi connectivity index (χ0n) is 10.7. The zero-order chi connectivity index (χ0) is 14.8. The summed E-state index contributed by atoms with van der Waals surface area (Å²) < 4.78 is 1.30. The SMILES string of the molecule is O=c1cc(-c2cccc(Cl)c2)n(-c2ccncn2)c(=O)[nH]1. The van der Waals surface area contributed by atoms with Crippen molar-refractivity contribution in [3.8, 4) is 17.1 Å². The minimum Gasteiger partial charge on any atom is -0.274 e. The molecule has 104 valence electrons. The van der Waals surface area contributed by atoms with Gasteiger partial charge in [0.25, 0.3) is 5.56 Å². The fourth-order valence-corrected chi connectivity index (χ4v) is 2.19. The normalized spacial score (nSPS) is 10.5. The lowest BCUT2D eigenvalue weighted by Crippen LogP contribution is -2.30. The first kappa shape index (κ1) is 13.3. The average molecular weight is 301 g/mol. The summed E-state index contributed by atoms with van der Waals surface area (Å²) >= 11 is 5.97. The van der Waals surface area contributed by atoms with Gasteiger partial charge in [0.15, 0.2) is 0 Å². The number of rotatable bonds is 2. The molecule has 0 saturated carbocycles. The Morgan fingerprint density at radius 3 is 2.71 bits per heavy atom. The molecule has 0 spiro atoms. The quantitative estimate of drug-likeness (QED) is 0.780. The molecule has 0 aliphatic carbocycles. The second kappa shape index (κ2) is 5.34. The molecule has 0 atom stereocenters. The lowest BCUT2D eigenvalue weighted by molar-refractivity contribution is 0.868. The van der Waals surface area contributed by atoms with E-state index in [0.29, 0.717) is 22.1 Å². The summed E-state index contributed by atoms with van der Waals surface area (Å²) in [6.07, 6.45) is 2.84. The van der Waals surface area contributed by atoms with Crippen molar-refractivity contribution < 1.29 is 0 Å². The number of hydrogen-bond acceptors (Lipinski definition) is 4. The third-order valence-corrected chi connectivity index (χ3v) is 3.09. The predicted octanol–water partition coefficient (Wildman–Crippen LogP) is 1.64. The van der Waals surface area contributed by atoms with Crippen LogP contribution in [0.1, 0.15) is 0 Å². The van der Waals surface area contributed by atoms with Crippen LogP contribution in [-0.4, -0.2) is 19.5 Å². The van der Waals surface area contributed by atoms with Crippen LogP contribution in [-0.2, 0) is 0 Å². The highest BCUT2D eigenvalue weighted by Gasteiger charge is 2.11. The second-order valence-electron chi connectivity index (χ2n) is 4.24. The van der Waals surface area contributed by atoms with E-state index < -0.39 is 11.2 Å². The zero-order valence-corrected chi connectivity index (χ0v) is 11.4. The molecule has 3 aromatic rings. The highest BCUT2D eigenvalue weighted by atomic mass is 35.5. The number of aromatic amines is 1. The van der Waals surface area contributed by atoms with Crippen molar-refractivity contribution in [2.45, 2.75) is 0 Å². The van der Waals surface area contributed by atoms with Crippen LogP contribution in [0.5, 0.6) is 0 Å². The van der Waals surface area contributed by atoms with Gasteiger partial charge in [-0.3, -0.25) is 9.78 Å². The molecule has 7 heteroatoms. The Labute approximate surface area is 123 Å². The summed E-state index contributed by atoms with van der Waals surface area (Å²) in [6, 6.07) is 9.80. The van der Waals surface area contributed by atoms with Gasteiger partial charge in [0.2, 0.25) is 0 Å². The standard InChI is InChI=1S/C14H9ClN4O2/c15-10-3-1-2-9(6-10)11-7-13(20)18-14(21)19(11)12-4-5-16-8-17-12/h1-8H,(H,18,20,21). The Balaban J connectivity index is 2.35. The van der Waals surface area contributed by atoms with Gasteiger partial charge in [-0.05, 0) is 18.2 Å². The predicted molar refractivity (Wildman–Crippen MR) is 78.7 cm³/mol. The number of H-pyrrole nitrogens is 1. The number of nitrogens with one attached hydrogen (secondary N) is 1. The monoisotopic (exact) mass is 300 g/mol. The summed E-state index contributed by atoms with van der Waals surface area (Å²) in [5.74, 6) is 0.362. The third-order valence-electron chi connectivity index (χ3n) is 2.86. The molecule has 6 nitrogen and oxygen atoms in total. The molecule has 0 aliphatic heterocycles. The number of halogens is 1. The van der Waals surface area contributed by atoms with Crippen molar-refractivity contribution in [1.29, 1.82) is 0 Å². The van der Waals surface area contributed by atoms with Crippen LogP contribution in [0.2, 0.25) is 5.02 Å². The van der Waals surface area contributed by atoms with E-state index in [9.17, 15) is 9.59 Å². The van der Waals surface area contributed by atoms with Crippen LogP contribution in [0.25, 0.3) is 17.1 Å².